The van der Waals surface area contributed by atoms with Crippen LogP contribution in [-0.4, -0.2) is 20.6 Å². The lowest BCUT2D eigenvalue weighted by Crippen LogP contribution is -2.57. The summed E-state index contributed by atoms with van der Waals surface area (Å²) in [5.41, 5.74) is -0.424. The molecule has 0 spiro atoms. The molecule has 4 bridgehead atoms. The highest BCUT2D eigenvalue weighted by atomic mass is 32.2. The summed E-state index contributed by atoms with van der Waals surface area (Å²) >= 11 is 1.51. The molecule has 4 aliphatic rings. The van der Waals surface area contributed by atoms with Crippen LogP contribution in [0.2, 0.25) is 0 Å². The van der Waals surface area contributed by atoms with E-state index in [0.29, 0.717) is 11.8 Å². The van der Waals surface area contributed by atoms with Crippen LogP contribution >= 0.6 is 11.8 Å². The quantitative estimate of drug-likeness (QED) is 0.745. The largest absolute Gasteiger partial charge is 0.390 e. The molecule has 2 nitrogen and oxygen atoms in total. The Balaban J connectivity index is 1.89. The van der Waals surface area contributed by atoms with Gasteiger partial charge in [-0.25, -0.2) is 0 Å². The van der Waals surface area contributed by atoms with E-state index in [1.165, 1.54) is 18.2 Å². The van der Waals surface area contributed by atoms with Gasteiger partial charge in [0.15, 0.2) is 5.12 Å². The molecule has 1 N–H and O–H groups in total. The van der Waals surface area contributed by atoms with Crippen molar-refractivity contribution in [2.45, 2.75) is 55.8 Å². The van der Waals surface area contributed by atoms with Crippen molar-refractivity contribution in [3.05, 3.63) is 0 Å². The van der Waals surface area contributed by atoms with E-state index in [9.17, 15) is 9.90 Å². The molecule has 0 aromatic carbocycles. The Labute approximate surface area is 94.8 Å². The van der Waals surface area contributed by atoms with Crippen LogP contribution in [0.25, 0.3) is 0 Å². The minimum absolute atomic E-state index is 0.102. The summed E-state index contributed by atoms with van der Waals surface area (Å²) < 4.78 is 0.102. The second-order valence-electron chi connectivity index (χ2n) is 5.96. The van der Waals surface area contributed by atoms with E-state index in [1.54, 1.807) is 6.92 Å². The molecule has 0 radical (unpaired) electrons. The van der Waals surface area contributed by atoms with Gasteiger partial charge >= 0.3 is 0 Å². The zero-order valence-corrected chi connectivity index (χ0v) is 9.98. The fraction of sp³-hybridized carbons (Fsp3) is 0.917. The third-order valence-electron chi connectivity index (χ3n) is 4.34. The Kier molecular flexibility index (Phi) is 2.04. The summed E-state index contributed by atoms with van der Waals surface area (Å²) in [5.74, 6) is 1.37. The summed E-state index contributed by atoms with van der Waals surface area (Å²) in [4.78, 5) is 11.3. The van der Waals surface area contributed by atoms with E-state index in [1.807, 2.05) is 0 Å². The third-order valence-corrected chi connectivity index (χ3v) is 5.53. The van der Waals surface area contributed by atoms with E-state index in [2.05, 4.69) is 0 Å². The second kappa shape index (κ2) is 3.01. The third kappa shape index (κ3) is 1.64. The van der Waals surface area contributed by atoms with Gasteiger partial charge in [-0.3, -0.25) is 4.79 Å². The van der Waals surface area contributed by atoms with Crippen LogP contribution in [0.15, 0.2) is 0 Å². The number of aliphatic hydroxyl groups is 1. The van der Waals surface area contributed by atoms with Gasteiger partial charge in [0.25, 0.3) is 0 Å². The summed E-state index contributed by atoms with van der Waals surface area (Å²) in [7, 11) is 0. The first kappa shape index (κ1) is 10.2. The highest BCUT2D eigenvalue weighted by Crippen LogP contribution is 2.62. The van der Waals surface area contributed by atoms with E-state index in [4.69, 9.17) is 0 Å². The molecule has 4 saturated carbocycles. The van der Waals surface area contributed by atoms with Crippen LogP contribution < -0.4 is 0 Å². The molecule has 84 valence electrons. The average Bonchev–Trinajstić information content (AvgIpc) is 1.94. The lowest BCUT2D eigenvalue weighted by molar-refractivity contribution is -0.116. The van der Waals surface area contributed by atoms with Gasteiger partial charge < -0.3 is 5.11 Å². The van der Waals surface area contributed by atoms with Crippen molar-refractivity contribution < 1.29 is 9.90 Å². The summed E-state index contributed by atoms with van der Waals surface area (Å²) in [6, 6.07) is 0. The highest BCUT2D eigenvalue weighted by molar-refractivity contribution is 8.14. The van der Waals surface area contributed by atoms with Gasteiger partial charge in [-0.2, -0.15) is 0 Å². The molecule has 15 heavy (non-hydrogen) atoms. The SMILES string of the molecule is CC(=O)SC12CC3CC(CC(O)(C3)C1)C2. The lowest BCUT2D eigenvalue weighted by Gasteiger charge is -2.59. The highest BCUT2D eigenvalue weighted by Gasteiger charge is 2.57. The maximum Gasteiger partial charge on any atom is 0.186 e. The lowest BCUT2D eigenvalue weighted by atomic mass is 9.54. The second-order valence-corrected chi connectivity index (χ2v) is 7.61. The van der Waals surface area contributed by atoms with Crippen LogP contribution in [0.1, 0.15) is 45.4 Å². The van der Waals surface area contributed by atoms with Crippen LogP contribution in [0, 0.1) is 11.8 Å². The Morgan fingerprint density at radius 3 is 2.33 bits per heavy atom. The molecule has 4 fully saturated rings. The van der Waals surface area contributed by atoms with Gasteiger partial charge in [-0.15, -0.1) is 0 Å². The fourth-order valence-electron chi connectivity index (χ4n) is 4.56. The summed E-state index contributed by atoms with van der Waals surface area (Å²) in [6.45, 7) is 1.66. The normalized spacial score (nSPS) is 52.1. The molecule has 4 rings (SSSR count). The summed E-state index contributed by atoms with van der Waals surface area (Å²) in [5, 5.41) is 10.7. The Morgan fingerprint density at radius 1 is 1.27 bits per heavy atom. The Hall–Kier alpha value is -0.0200. The maximum absolute atomic E-state index is 11.3. The number of hydrogen-bond acceptors (Lipinski definition) is 3. The number of carbonyl (C=O) groups is 1. The molecule has 0 saturated heterocycles. The number of rotatable bonds is 1. The summed E-state index contributed by atoms with van der Waals surface area (Å²) in [6.07, 6.45) is 6.46. The average molecular weight is 226 g/mol. The molecule has 4 aliphatic carbocycles. The smallest absolute Gasteiger partial charge is 0.186 e. The molecule has 0 aromatic heterocycles. The first-order valence-electron chi connectivity index (χ1n) is 5.91. The standard InChI is InChI=1S/C12H18O2S/c1-8(13)15-12-5-9-2-10(6-12)4-11(14,3-9)7-12/h9-10,14H,2-7H2,1H3. The zero-order chi connectivity index (χ0) is 10.7. The first-order chi connectivity index (χ1) is 6.99. The predicted molar refractivity (Wildman–Crippen MR) is 60.6 cm³/mol. The zero-order valence-electron chi connectivity index (χ0n) is 9.16. The molecule has 0 heterocycles. The molecular weight excluding hydrogens is 208 g/mol. The van der Waals surface area contributed by atoms with E-state index < -0.39 is 5.60 Å². The Bertz CT molecular complexity index is 299. The van der Waals surface area contributed by atoms with Crippen molar-refractivity contribution in [2.75, 3.05) is 0 Å². The molecule has 0 amide bonds. The fourth-order valence-corrected chi connectivity index (χ4v) is 6.14. The van der Waals surface area contributed by atoms with Gasteiger partial charge in [-0.1, -0.05) is 11.8 Å². The molecular formula is C12H18O2S. The maximum atomic E-state index is 11.3. The predicted octanol–water partition coefficient (Wildman–Crippen LogP) is 2.35. The van der Waals surface area contributed by atoms with Gasteiger partial charge in [-0.05, 0) is 50.4 Å². The minimum atomic E-state index is -0.424. The molecule has 2 atom stereocenters. The Morgan fingerprint density at radius 2 is 1.87 bits per heavy atom. The van der Waals surface area contributed by atoms with Crippen LogP contribution in [0.5, 0.6) is 0 Å². The van der Waals surface area contributed by atoms with Crippen LogP contribution in [0.4, 0.5) is 0 Å². The molecule has 3 heteroatoms. The van der Waals surface area contributed by atoms with Crippen molar-refractivity contribution >= 4 is 16.9 Å². The first-order valence-corrected chi connectivity index (χ1v) is 6.72. The van der Waals surface area contributed by atoms with Crippen molar-refractivity contribution in [3.63, 3.8) is 0 Å². The number of carbonyl (C=O) groups excluding carboxylic acids is 1. The van der Waals surface area contributed by atoms with Crippen molar-refractivity contribution in [1.82, 2.24) is 0 Å². The van der Waals surface area contributed by atoms with Gasteiger partial charge in [0.2, 0.25) is 0 Å². The van der Waals surface area contributed by atoms with Gasteiger partial charge in [0.05, 0.1) is 5.60 Å². The van der Waals surface area contributed by atoms with Crippen molar-refractivity contribution in [2.24, 2.45) is 11.8 Å². The van der Waals surface area contributed by atoms with E-state index in [-0.39, 0.29) is 9.86 Å². The molecule has 2 unspecified atom stereocenters. The van der Waals surface area contributed by atoms with Gasteiger partial charge in [0.1, 0.15) is 0 Å². The minimum Gasteiger partial charge on any atom is -0.390 e. The van der Waals surface area contributed by atoms with E-state index >= 15 is 0 Å². The van der Waals surface area contributed by atoms with Gasteiger partial charge in [0, 0.05) is 11.7 Å². The number of thioether (sulfide) groups is 1. The van der Waals surface area contributed by atoms with E-state index in [0.717, 1.165) is 32.1 Å². The molecule has 0 aromatic rings. The molecule has 0 aliphatic heterocycles. The van der Waals surface area contributed by atoms with Crippen molar-refractivity contribution in [3.8, 4) is 0 Å². The van der Waals surface area contributed by atoms with Crippen LogP contribution in [0.3, 0.4) is 0 Å². The topological polar surface area (TPSA) is 37.3 Å². The number of hydrogen-bond donors (Lipinski definition) is 1. The monoisotopic (exact) mass is 226 g/mol. The van der Waals surface area contributed by atoms with Crippen molar-refractivity contribution in [1.29, 1.82) is 0 Å². The van der Waals surface area contributed by atoms with Crippen LogP contribution in [-0.2, 0) is 4.79 Å².